The van der Waals surface area contributed by atoms with Gasteiger partial charge in [-0.05, 0) is 88.3 Å². The van der Waals surface area contributed by atoms with Gasteiger partial charge in [0.1, 0.15) is 12.4 Å². The van der Waals surface area contributed by atoms with E-state index in [0.29, 0.717) is 43.3 Å². The van der Waals surface area contributed by atoms with Crippen LogP contribution >= 0.6 is 11.8 Å². The summed E-state index contributed by atoms with van der Waals surface area (Å²) in [6.07, 6.45) is 2.03. The van der Waals surface area contributed by atoms with Crippen LogP contribution in [0.4, 0.5) is 30.2 Å². The van der Waals surface area contributed by atoms with E-state index in [1.807, 2.05) is 109 Å². The zero-order valence-corrected chi connectivity index (χ0v) is 34.7. The summed E-state index contributed by atoms with van der Waals surface area (Å²) in [5, 5.41) is 40.3. The first-order valence-corrected chi connectivity index (χ1v) is 20.9. The van der Waals surface area contributed by atoms with Gasteiger partial charge in [0.15, 0.2) is 34.7 Å². The fourth-order valence-corrected chi connectivity index (χ4v) is 6.68. The summed E-state index contributed by atoms with van der Waals surface area (Å²) in [6, 6.07) is 53.1. The van der Waals surface area contributed by atoms with E-state index in [9.17, 15) is 28.5 Å². The second kappa shape index (κ2) is 22.4. The standard InChI is InChI=1S/C20H18FNO2.C17H14FNO.C14H14FNOS/c21-17-10-6-11-18(20(17)23)22-13-16-9-4-5-12-19(16)24-14-15-7-2-1-3-8-15;18-15-9-4-10-16(17(15)20)19-11-13-7-3-6-12-5-1-2-8-14(12)13;1-18-11-7-5-10(6-8-11)9-16-13-4-2-3-12(15)14(13)17/h1-12,22-23H,13-14H2;1-10,19-20H,11H2;2-8,16-17H,9H2,1H3. The monoisotopic (exact) mass is 853 g/mol. The van der Waals surface area contributed by atoms with Gasteiger partial charge in [0.2, 0.25) is 0 Å². The van der Waals surface area contributed by atoms with E-state index >= 15 is 0 Å². The molecule has 0 atom stereocenters. The average molecular weight is 854 g/mol. The Kier molecular flexibility index (Phi) is 16.0. The molecule has 7 nitrogen and oxygen atoms in total. The Morgan fingerprint density at radius 3 is 1.52 bits per heavy atom. The van der Waals surface area contributed by atoms with Crippen LogP contribution in [0.3, 0.4) is 0 Å². The highest BCUT2D eigenvalue weighted by Crippen LogP contribution is 2.30. The number of halogens is 3. The Morgan fingerprint density at radius 2 is 0.919 bits per heavy atom. The maximum Gasteiger partial charge on any atom is 0.174 e. The molecule has 0 aromatic heterocycles. The first-order chi connectivity index (χ1) is 30.2. The van der Waals surface area contributed by atoms with Gasteiger partial charge in [-0.1, -0.05) is 121 Å². The van der Waals surface area contributed by atoms with Crippen LogP contribution < -0.4 is 20.7 Å². The van der Waals surface area contributed by atoms with Crippen molar-refractivity contribution >= 4 is 39.6 Å². The number of ether oxygens (including phenoxy) is 1. The molecule has 0 radical (unpaired) electrons. The number of anilines is 3. The first-order valence-electron chi connectivity index (χ1n) is 19.7. The van der Waals surface area contributed by atoms with Crippen molar-refractivity contribution < 1.29 is 33.2 Å². The number of hydrogen-bond donors (Lipinski definition) is 6. The predicted octanol–water partition coefficient (Wildman–Crippen LogP) is 12.9. The van der Waals surface area contributed by atoms with E-state index in [4.69, 9.17) is 4.74 Å². The predicted molar refractivity (Wildman–Crippen MR) is 246 cm³/mol. The molecule has 0 aliphatic rings. The van der Waals surface area contributed by atoms with Crippen molar-refractivity contribution in [1.82, 2.24) is 0 Å². The van der Waals surface area contributed by atoms with Crippen LogP contribution in [0, 0.1) is 17.5 Å². The molecule has 0 fully saturated rings. The minimum atomic E-state index is -0.645. The Morgan fingerprint density at radius 1 is 0.452 bits per heavy atom. The molecule has 0 bridgehead atoms. The van der Waals surface area contributed by atoms with Crippen molar-refractivity contribution in [2.24, 2.45) is 0 Å². The molecule has 0 saturated carbocycles. The van der Waals surface area contributed by atoms with Gasteiger partial charge >= 0.3 is 0 Å². The number of hydrogen-bond acceptors (Lipinski definition) is 8. The third-order valence-electron chi connectivity index (χ3n) is 9.63. The SMILES string of the molecule is CSc1ccc(CNc2cccc(F)c2O)cc1.Oc1c(F)cccc1NCc1cccc2ccccc12.Oc1c(F)cccc1NCc1ccccc1OCc1ccccc1. The van der Waals surface area contributed by atoms with Crippen molar-refractivity contribution in [3.63, 3.8) is 0 Å². The number of rotatable bonds is 13. The average Bonchev–Trinajstić information content (AvgIpc) is 3.31. The van der Waals surface area contributed by atoms with E-state index in [2.05, 4.69) is 34.1 Å². The lowest BCUT2D eigenvalue weighted by Crippen LogP contribution is -2.04. The van der Waals surface area contributed by atoms with Gasteiger partial charge in [-0.15, -0.1) is 11.8 Å². The van der Waals surface area contributed by atoms with Crippen molar-refractivity contribution in [3.05, 3.63) is 216 Å². The third kappa shape index (κ3) is 12.4. The minimum Gasteiger partial charge on any atom is -0.503 e. The number of benzene rings is 8. The summed E-state index contributed by atoms with van der Waals surface area (Å²) in [5.74, 6) is -2.17. The van der Waals surface area contributed by atoms with E-state index in [1.54, 1.807) is 48.2 Å². The van der Waals surface area contributed by atoms with Crippen LogP contribution in [0.2, 0.25) is 0 Å². The number of para-hydroxylation sites is 4. The Hall–Kier alpha value is -7.24. The molecule has 0 spiro atoms. The van der Waals surface area contributed by atoms with E-state index < -0.39 is 17.5 Å². The molecule has 8 aromatic rings. The molecule has 0 heterocycles. The van der Waals surface area contributed by atoms with Gasteiger partial charge in [0.05, 0.1) is 17.1 Å². The van der Waals surface area contributed by atoms with Crippen LogP contribution in [0.5, 0.6) is 23.0 Å². The Labute approximate surface area is 363 Å². The van der Waals surface area contributed by atoms with Gasteiger partial charge in [-0.3, -0.25) is 0 Å². The highest BCUT2D eigenvalue weighted by Gasteiger charge is 2.10. The largest absolute Gasteiger partial charge is 0.503 e. The molecule has 0 amide bonds. The van der Waals surface area contributed by atoms with Gasteiger partial charge in [-0.2, -0.15) is 0 Å². The van der Waals surface area contributed by atoms with Crippen LogP contribution in [0.15, 0.2) is 181 Å². The number of phenols is 3. The van der Waals surface area contributed by atoms with Gasteiger partial charge < -0.3 is 36.0 Å². The lowest BCUT2D eigenvalue weighted by atomic mass is 10.0. The number of phenolic OH excluding ortho intramolecular Hbond substituents is 3. The molecule has 316 valence electrons. The Balaban J connectivity index is 0.000000157. The van der Waals surface area contributed by atoms with Crippen LogP contribution in [0.25, 0.3) is 10.8 Å². The molecule has 62 heavy (non-hydrogen) atoms. The normalized spacial score (nSPS) is 10.5. The second-order valence-corrected chi connectivity index (χ2v) is 14.7. The van der Waals surface area contributed by atoms with Gasteiger partial charge in [0, 0.05) is 30.1 Å². The second-order valence-electron chi connectivity index (χ2n) is 13.8. The number of thioether (sulfide) groups is 1. The molecule has 0 unspecified atom stereocenters. The van der Waals surface area contributed by atoms with Gasteiger partial charge in [-0.25, -0.2) is 13.2 Å². The van der Waals surface area contributed by atoms with Crippen LogP contribution in [-0.4, -0.2) is 21.6 Å². The summed E-state index contributed by atoms with van der Waals surface area (Å²) in [4.78, 5) is 1.20. The highest BCUT2D eigenvalue weighted by atomic mass is 32.2. The molecule has 0 aliphatic heterocycles. The summed E-state index contributed by atoms with van der Waals surface area (Å²) in [7, 11) is 0. The summed E-state index contributed by atoms with van der Waals surface area (Å²) >= 11 is 1.69. The molecular formula is C51H46F3N3O4S. The number of nitrogens with one attached hydrogen (secondary N) is 3. The first kappa shape index (κ1) is 44.3. The smallest absolute Gasteiger partial charge is 0.174 e. The highest BCUT2D eigenvalue weighted by molar-refractivity contribution is 7.98. The third-order valence-corrected chi connectivity index (χ3v) is 10.4. The lowest BCUT2D eigenvalue weighted by Gasteiger charge is -2.13. The number of aromatic hydroxyl groups is 3. The van der Waals surface area contributed by atoms with Crippen molar-refractivity contribution in [3.8, 4) is 23.0 Å². The van der Waals surface area contributed by atoms with Crippen molar-refractivity contribution in [2.75, 3.05) is 22.2 Å². The van der Waals surface area contributed by atoms with Gasteiger partial charge in [0.25, 0.3) is 0 Å². The molecule has 8 rings (SSSR count). The molecule has 11 heteroatoms. The fourth-order valence-electron chi connectivity index (χ4n) is 6.27. The topological polar surface area (TPSA) is 106 Å². The fraction of sp³-hybridized carbons (Fsp3) is 0.0980. The summed E-state index contributed by atoms with van der Waals surface area (Å²) in [5.41, 5.74) is 5.36. The minimum absolute atomic E-state index is 0.335. The van der Waals surface area contributed by atoms with Crippen LogP contribution in [-0.2, 0) is 26.2 Å². The maximum absolute atomic E-state index is 13.4. The zero-order valence-electron chi connectivity index (χ0n) is 33.9. The molecule has 8 aromatic carbocycles. The summed E-state index contributed by atoms with van der Waals surface area (Å²) < 4.78 is 45.6. The van der Waals surface area contributed by atoms with E-state index in [-0.39, 0.29) is 17.2 Å². The molecule has 0 saturated heterocycles. The molecule has 6 N–H and O–H groups in total. The molecule has 0 aliphatic carbocycles. The quantitative estimate of drug-likeness (QED) is 0.0503. The van der Waals surface area contributed by atoms with Crippen molar-refractivity contribution in [2.45, 2.75) is 31.1 Å². The number of fused-ring (bicyclic) bond motifs is 1. The lowest BCUT2D eigenvalue weighted by molar-refractivity contribution is 0.303. The van der Waals surface area contributed by atoms with Crippen LogP contribution in [0.1, 0.15) is 22.3 Å². The molecular weight excluding hydrogens is 808 g/mol. The van der Waals surface area contributed by atoms with Crippen molar-refractivity contribution in [1.29, 1.82) is 0 Å². The maximum atomic E-state index is 13.4. The van der Waals surface area contributed by atoms with E-state index in [0.717, 1.165) is 38.8 Å². The zero-order chi connectivity index (χ0) is 43.7. The van der Waals surface area contributed by atoms with E-state index in [1.165, 1.54) is 23.1 Å². The summed E-state index contributed by atoms with van der Waals surface area (Å²) in [6.45, 7) is 1.97. The Bertz CT molecular complexity index is 2660.